The van der Waals surface area contributed by atoms with Crippen LogP contribution in [0.5, 0.6) is 0 Å². The van der Waals surface area contributed by atoms with Crippen LogP contribution >= 0.6 is 11.6 Å². The molecule has 100 valence electrons. The Morgan fingerprint density at radius 3 is 2.84 bits per heavy atom. The number of Topliss-reactive ketones (excluding diaryl/α,β-unsaturated/α-hetero) is 1. The molecule has 0 atom stereocenters. The monoisotopic (exact) mass is 279 g/mol. The van der Waals surface area contributed by atoms with Crippen LogP contribution in [-0.4, -0.2) is 20.9 Å². The molecular formula is C13H14ClN3O2. The Morgan fingerprint density at radius 1 is 1.42 bits per heavy atom. The van der Waals surface area contributed by atoms with E-state index in [-0.39, 0.29) is 12.2 Å². The first kappa shape index (κ1) is 13.7. The highest BCUT2D eigenvalue weighted by Gasteiger charge is 2.14. The van der Waals surface area contributed by atoms with Crippen molar-refractivity contribution in [2.24, 2.45) is 5.92 Å². The normalized spacial score (nSPS) is 10.9. The Bertz CT molecular complexity index is 564. The van der Waals surface area contributed by atoms with Gasteiger partial charge < -0.3 is 4.52 Å². The molecular weight excluding hydrogens is 266 g/mol. The van der Waals surface area contributed by atoms with Gasteiger partial charge in [-0.3, -0.25) is 9.78 Å². The van der Waals surface area contributed by atoms with E-state index in [1.54, 1.807) is 12.1 Å². The van der Waals surface area contributed by atoms with E-state index in [9.17, 15) is 4.79 Å². The molecule has 0 aliphatic carbocycles. The zero-order chi connectivity index (χ0) is 13.8. The summed E-state index contributed by atoms with van der Waals surface area (Å²) < 4.78 is 5.05. The van der Waals surface area contributed by atoms with E-state index in [0.29, 0.717) is 34.8 Å². The minimum absolute atomic E-state index is 0.0919. The van der Waals surface area contributed by atoms with Crippen LogP contribution in [0.15, 0.2) is 22.9 Å². The van der Waals surface area contributed by atoms with Crippen molar-refractivity contribution in [3.05, 3.63) is 29.2 Å². The summed E-state index contributed by atoms with van der Waals surface area (Å²) in [7, 11) is 0. The first-order chi connectivity index (χ1) is 9.04. The molecule has 0 spiro atoms. The summed E-state index contributed by atoms with van der Waals surface area (Å²) >= 11 is 5.75. The summed E-state index contributed by atoms with van der Waals surface area (Å²) in [5.74, 6) is 1.10. The van der Waals surface area contributed by atoms with Crippen molar-refractivity contribution >= 4 is 17.4 Å². The number of hydrogen-bond donors (Lipinski definition) is 0. The standard InChI is InChI=1S/C13H14ClN3O2/c1-8(2)5-10(18)6-12-16-13(17-19-12)11-4-3-9(14)7-15-11/h3-4,7-8H,5-6H2,1-2H3. The van der Waals surface area contributed by atoms with Gasteiger partial charge in [0.25, 0.3) is 0 Å². The lowest BCUT2D eigenvalue weighted by Gasteiger charge is -2.00. The van der Waals surface area contributed by atoms with E-state index in [1.807, 2.05) is 13.8 Å². The molecule has 0 aliphatic heterocycles. The SMILES string of the molecule is CC(C)CC(=O)Cc1nc(-c2ccc(Cl)cn2)no1. The minimum atomic E-state index is 0.0919. The number of carbonyl (C=O) groups excluding carboxylic acids is 1. The first-order valence-corrected chi connectivity index (χ1v) is 6.38. The predicted octanol–water partition coefficient (Wildman–Crippen LogP) is 2.94. The molecule has 2 aromatic rings. The summed E-state index contributed by atoms with van der Waals surface area (Å²) in [4.78, 5) is 19.9. The highest BCUT2D eigenvalue weighted by atomic mass is 35.5. The lowest BCUT2D eigenvalue weighted by atomic mass is 10.1. The summed E-state index contributed by atoms with van der Waals surface area (Å²) in [6, 6.07) is 3.40. The molecule has 0 fully saturated rings. The van der Waals surface area contributed by atoms with Crippen LogP contribution in [0, 0.1) is 5.92 Å². The number of carbonyl (C=O) groups is 1. The van der Waals surface area contributed by atoms with E-state index in [2.05, 4.69) is 15.1 Å². The third kappa shape index (κ3) is 3.86. The summed E-state index contributed by atoms with van der Waals surface area (Å²) in [5.41, 5.74) is 0.565. The molecule has 0 N–H and O–H groups in total. The maximum absolute atomic E-state index is 11.7. The van der Waals surface area contributed by atoms with E-state index in [0.717, 1.165) is 0 Å². The molecule has 0 unspecified atom stereocenters. The van der Waals surface area contributed by atoms with Crippen LogP contribution in [-0.2, 0) is 11.2 Å². The van der Waals surface area contributed by atoms with Gasteiger partial charge in [0.1, 0.15) is 11.5 Å². The molecule has 0 saturated heterocycles. The minimum Gasteiger partial charge on any atom is -0.338 e. The van der Waals surface area contributed by atoms with Crippen molar-refractivity contribution in [3.63, 3.8) is 0 Å². The molecule has 6 heteroatoms. The van der Waals surface area contributed by atoms with Gasteiger partial charge in [-0.15, -0.1) is 0 Å². The summed E-state index contributed by atoms with van der Waals surface area (Å²) in [6.07, 6.45) is 2.19. The Kier molecular flexibility index (Phi) is 4.27. The second-order valence-corrected chi connectivity index (χ2v) is 5.12. The number of halogens is 1. The maximum atomic E-state index is 11.7. The quantitative estimate of drug-likeness (QED) is 0.841. The van der Waals surface area contributed by atoms with Crippen LogP contribution in [0.25, 0.3) is 11.5 Å². The molecule has 0 amide bonds. The second kappa shape index (κ2) is 5.93. The maximum Gasteiger partial charge on any atom is 0.234 e. The molecule has 19 heavy (non-hydrogen) atoms. The zero-order valence-corrected chi connectivity index (χ0v) is 11.5. The van der Waals surface area contributed by atoms with Crippen molar-refractivity contribution in [2.75, 3.05) is 0 Å². The van der Waals surface area contributed by atoms with Crippen molar-refractivity contribution in [1.29, 1.82) is 0 Å². The average molecular weight is 280 g/mol. The lowest BCUT2D eigenvalue weighted by molar-refractivity contribution is -0.119. The number of aromatic nitrogens is 3. The Morgan fingerprint density at radius 2 is 2.21 bits per heavy atom. The van der Waals surface area contributed by atoms with Crippen molar-refractivity contribution in [2.45, 2.75) is 26.7 Å². The van der Waals surface area contributed by atoms with Gasteiger partial charge in [-0.25, -0.2) is 0 Å². The Labute approximate surface area is 116 Å². The number of nitrogens with zero attached hydrogens (tertiary/aromatic N) is 3. The zero-order valence-electron chi connectivity index (χ0n) is 10.8. The van der Waals surface area contributed by atoms with Crippen LogP contribution in [0.2, 0.25) is 5.02 Å². The summed E-state index contributed by atoms with van der Waals surface area (Å²) in [5, 5.41) is 4.35. The number of pyridine rings is 1. The van der Waals surface area contributed by atoms with E-state index in [1.165, 1.54) is 6.20 Å². The third-order valence-electron chi connectivity index (χ3n) is 2.41. The fraction of sp³-hybridized carbons (Fsp3) is 0.385. The van der Waals surface area contributed by atoms with E-state index in [4.69, 9.17) is 16.1 Å². The average Bonchev–Trinajstić information content (AvgIpc) is 2.77. The highest BCUT2D eigenvalue weighted by Crippen LogP contribution is 2.16. The van der Waals surface area contributed by atoms with Gasteiger partial charge >= 0.3 is 0 Å². The lowest BCUT2D eigenvalue weighted by Crippen LogP contribution is -2.06. The van der Waals surface area contributed by atoms with Gasteiger partial charge in [-0.1, -0.05) is 30.6 Å². The molecule has 5 nitrogen and oxygen atoms in total. The largest absolute Gasteiger partial charge is 0.338 e. The van der Waals surface area contributed by atoms with Gasteiger partial charge in [0.05, 0.1) is 11.4 Å². The highest BCUT2D eigenvalue weighted by molar-refractivity contribution is 6.30. The van der Waals surface area contributed by atoms with Gasteiger partial charge in [0.2, 0.25) is 11.7 Å². The molecule has 0 bridgehead atoms. The second-order valence-electron chi connectivity index (χ2n) is 4.69. The fourth-order valence-corrected chi connectivity index (χ4v) is 1.75. The van der Waals surface area contributed by atoms with Crippen LogP contribution in [0.3, 0.4) is 0 Å². The summed E-state index contributed by atoms with van der Waals surface area (Å²) in [6.45, 7) is 3.99. The van der Waals surface area contributed by atoms with Crippen LogP contribution in [0.4, 0.5) is 0 Å². The molecule has 0 aromatic carbocycles. The van der Waals surface area contributed by atoms with Crippen LogP contribution in [0.1, 0.15) is 26.2 Å². The topological polar surface area (TPSA) is 68.9 Å². The number of hydrogen-bond acceptors (Lipinski definition) is 5. The Hall–Kier alpha value is -1.75. The van der Waals surface area contributed by atoms with Crippen LogP contribution < -0.4 is 0 Å². The molecule has 0 saturated carbocycles. The third-order valence-corrected chi connectivity index (χ3v) is 2.63. The van der Waals surface area contributed by atoms with Gasteiger partial charge in [-0.05, 0) is 18.1 Å². The van der Waals surface area contributed by atoms with Crippen molar-refractivity contribution in [1.82, 2.24) is 15.1 Å². The van der Waals surface area contributed by atoms with Gasteiger partial charge in [-0.2, -0.15) is 4.98 Å². The van der Waals surface area contributed by atoms with E-state index < -0.39 is 0 Å². The predicted molar refractivity (Wildman–Crippen MR) is 70.7 cm³/mol. The molecule has 0 radical (unpaired) electrons. The fourth-order valence-electron chi connectivity index (χ4n) is 1.63. The Balaban J connectivity index is 2.07. The van der Waals surface area contributed by atoms with E-state index >= 15 is 0 Å². The van der Waals surface area contributed by atoms with Crippen molar-refractivity contribution < 1.29 is 9.32 Å². The van der Waals surface area contributed by atoms with Gasteiger partial charge in [0.15, 0.2) is 0 Å². The molecule has 2 aromatic heterocycles. The number of rotatable bonds is 5. The smallest absolute Gasteiger partial charge is 0.234 e. The van der Waals surface area contributed by atoms with Crippen molar-refractivity contribution in [3.8, 4) is 11.5 Å². The number of ketones is 1. The molecule has 2 heterocycles. The first-order valence-electron chi connectivity index (χ1n) is 6.01. The molecule has 0 aliphatic rings. The molecule has 2 rings (SSSR count). The van der Waals surface area contributed by atoms with Gasteiger partial charge in [0, 0.05) is 12.6 Å².